The number of nitrogens with zero attached hydrogens (tertiary/aromatic N) is 3. The van der Waals surface area contributed by atoms with Gasteiger partial charge in [0.2, 0.25) is 15.9 Å². The monoisotopic (exact) mass is 460 g/mol. The van der Waals surface area contributed by atoms with Gasteiger partial charge in [-0.15, -0.1) is 0 Å². The van der Waals surface area contributed by atoms with E-state index < -0.39 is 10.0 Å². The van der Waals surface area contributed by atoms with Gasteiger partial charge in [-0.2, -0.15) is 0 Å². The summed E-state index contributed by atoms with van der Waals surface area (Å²) < 4.78 is 38.9. The molecule has 2 aliphatic rings. The van der Waals surface area contributed by atoms with Gasteiger partial charge in [0.1, 0.15) is 0 Å². The molecule has 1 saturated heterocycles. The Bertz CT molecular complexity index is 1020. The maximum absolute atomic E-state index is 12.6. The molecule has 0 saturated carbocycles. The van der Waals surface area contributed by atoms with Crippen LogP contribution in [0.1, 0.15) is 18.5 Å². The first-order valence-corrected chi connectivity index (χ1v) is 12.3. The van der Waals surface area contributed by atoms with Crippen LogP contribution in [0.5, 0.6) is 11.5 Å². The normalized spacial score (nSPS) is 17.1. The van der Waals surface area contributed by atoms with Gasteiger partial charge in [0.25, 0.3) is 0 Å². The summed E-state index contributed by atoms with van der Waals surface area (Å²) in [6.45, 7) is 4.62. The Balaban J connectivity index is 1.23. The van der Waals surface area contributed by atoms with Crippen molar-refractivity contribution >= 4 is 15.9 Å². The van der Waals surface area contributed by atoms with Crippen molar-refractivity contribution in [1.82, 2.24) is 19.5 Å². The van der Waals surface area contributed by atoms with E-state index >= 15 is 0 Å². The molecule has 1 N–H and O–H groups in total. The van der Waals surface area contributed by atoms with Gasteiger partial charge in [0, 0.05) is 64.4 Å². The summed E-state index contributed by atoms with van der Waals surface area (Å²) in [6, 6.07) is 10.4. The van der Waals surface area contributed by atoms with E-state index in [2.05, 4.69) is 14.6 Å². The number of fused-ring (bicyclic) bond motifs is 1. The number of rotatable bonds is 7. The fourth-order valence-corrected chi connectivity index (χ4v) is 4.77. The molecular formula is C22H28N4O5S. The predicted octanol–water partition coefficient (Wildman–Crippen LogP) is 1.26. The Hall–Kier alpha value is -2.69. The van der Waals surface area contributed by atoms with Crippen LogP contribution >= 0.6 is 0 Å². The van der Waals surface area contributed by atoms with Gasteiger partial charge in [0.15, 0.2) is 11.5 Å². The molecule has 0 spiro atoms. The highest BCUT2D eigenvalue weighted by Gasteiger charge is 2.23. The van der Waals surface area contributed by atoms with Gasteiger partial charge < -0.3 is 14.4 Å². The summed E-state index contributed by atoms with van der Waals surface area (Å²) in [6.07, 6.45) is 2.64. The van der Waals surface area contributed by atoms with E-state index in [1.807, 2.05) is 18.2 Å². The fourth-order valence-electron chi connectivity index (χ4n) is 3.72. The fraction of sp³-hybridized carbons (Fsp3) is 0.455. The summed E-state index contributed by atoms with van der Waals surface area (Å²) >= 11 is 0. The summed E-state index contributed by atoms with van der Waals surface area (Å²) in [5.74, 6) is 0.910. The molecular weight excluding hydrogens is 432 g/mol. The van der Waals surface area contributed by atoms with Crippen molar-refractivity contribution in [3.63, 3.8) is 0 Å². The van der Waals surface area contributed by atoms with Crippen molar-refractivity contribution < 1.29 is 22.7 Å². The van der Waals surface area contributed by atoms with Crippen LogP contribution in [-0.2, 0) is 21.4 Å². The molecule has 4 rings (SSSR count). The molecule has 1 aromatic heterocycles. The van der Waals surface area contributed by atoms with Crippen molar-refractivity contribution in [2.45, 2.75) is 24.3 Å². The number of carbonyl (C=O) groups excluding carboxylic acids is 1. The second-order valence-electron chi connectivity index (χ2n) is 7.78. The molecule has 0 atom stereocenters. The van der Waals surface area contributed by atoms with Gasteiger partial charge in [-0.3, -0.25) is 14.7 Å². The lowest BCUT2D eigenvalue weighted by molar-refractivity contribution is -0.132. The molecule has 2 aromatic rings. The molecule has 1 aromatic carbocycles. The molecule has 1 fully saturated rings. The summed E-state index contributed by atoms with van der Waals surface area (Å²) in [4.78, 5) is 21.0. The summed E-state index contributed by atoms with van der Waals surface area (Å²) in [7, 11) is -3.75. The Morgan fingerprint density at radius 3 is 2.56 bits per heavy atom. The van der Waals surface area contributed by atoms with Crippen LogP contribution in [-0.4, -0.2) is 75.0 Å². The van der Waals surface area contributed by atoms with E-state index in [9.17, 15) is 13.2 Å². The first kappa shape index (κ1) is 22.5. The molecule has 3 heterocycles. The van der Waals surface area contributed by atoms with Crippen LogP contribution in [0.2, 0.25) is 0 Å². The molecule has 0 bridgehead atoms. The van der Waals surface area contributed by atoms with Gasteiger partial charge in [-0.1, -0.05) is 6.07 Å². The number of ether oxygens (including phenoxy) is 2. The van der Waals surface area contributed by atoms with E-state index in [4.69, 9.17) is 9.47 Å². The Morgan fingerprint density at radius 1 is 1.03 bits per heavy atom. The minimum atomic E-state index is -3.75. The number of aromatic nitrogens is 1. The maximum Gasteiger partial charge on any atom is 0.240 e. The highest BCUT2D eigenvalue weighted by Crippen LogP contribution is 2.31. The minimum absolute atomic E-state index is 0.0454. The quantitative estimate of drug-likeness (QED) is 0.664. The predicted molar refractivity (Wildman–Crippen MR) is 118 cm³/mol. The van der Waals surface area contributed by atoms with Crippen molar-refractivity contribution in [3.8, 4) is 11.5 Å². The van der Waals surface area contributed by atoms with E-state index in [-0.39, 0.29) is 23.8 Å². The molecule has 9 nitrogen and oxygen atoms in total. The third-order valence-electron chi connectivity index (χ3n) is 5.50. The number of piperazine rings is 1. The molecule has 0 unspecified atom stereocenters. The summed E-state index contributed by atoms with van der Waals surface area (Å²) in [5.41, 5.74) is 1.01. The molecule has 10 heteroatoms. The van der Waals surface area contributed by atoms with Gasteiger partial charge in [-0.25, -0.2) is 13.1 Å². The van der Waals surface area contributed by atoms with Crippen LogP contribution in [0.25, 0.3) is 0 Å². The Kier molecular flexibility index (Phi) is 7.23. The van der Waals surface area contributed by atoms with E-state index in [0.29, 0.717) is 37.8 Å². The number of nitrogens with one attached hydrogen (secondary N) is 1. The smallest absolute Gasteiger partial charge is 0.240 e. The van der Waals surface area contributed by atoms with E-state index in [1.165, 1.54) is 12.1 Å². The highest BCUT2D eigenvalue weighted by molar-refractivity contribution is 7.89. The van der Waals surface area contributed by atoms with Crippen molar-refractivity contribution in [2.24, 2.45) is 0 Å². The first-order valence-electron chi connectivity index (χ1n) is 10.8. The third kappa shape index (κ3) is 5.76. The maximum atomic E-state index is 12.6. The number of benzene rings is 1. The van der Waals surface area contributed by atoms with Crippen LogP contribution in [0, 0.1) is 0 Å². The molecule has 0 radical (unpaired) electrons. The molecule has 0 aliphatic carbocycles. The third-order valence-corrected chi connectivity index (χ3v) is 6.96. The van der Waals surface area contributed by atoms with Crippen molar-refractivity contribution in [2.75, 3.05) is 45.9 Å². The second-order valence-corrected chi connectivity index (χ2v) is 9.55. The molecule has 2 aliphatic heterocycles. The molecule has 1 amide bonds. The largest absolute Gasteiger partial charge is 0.490 e. The lowest BCUT2D eigenvalue weighted by Gasteiger charge is -2.34. The molecule has 172 valence electrons. The van der Waals surface area contributed by atoms with Crippen LogP contribution in [0.3, 0.4) is 0 Å². The SMILES string of the molecule is O=C(CCNS(=O)(=O)c1ccc2c(c1)OCCCO2)N1CCN(Cc2ccccn2)CC1. The standard InChI is InChI=1S/C22H28N4O5S/c27-22(26-12-10-25(11-13-26)17-18-4-1-2-8-23-18)7-9-24-32(28,29)19-5-6-20-21(16-19)31-15-3-14-30-20/h1-2,4-6,8,16,24H,3,7,9-15,17H2. The second kappa shape index (κ2) is 10.3. The Labute approximate surface area is 188 Å². The summed E-state index contributed by atoms with van der Waals surface area (Å²) in [5, 5.41) is 0. The topological polar surface area (TPSA) is 101 Å². The van der Waals surface area contributed by atoms with E-state index in [1.54, 1.807) is 17.2 Å². The Morgan fingerprint density at radius 2 is 1.81 bits per heavy atom. The lowest BCUT2D eigenvalue weighted by atomic mass is 10.2. The average molecular weight is 461 g/mol. The minimum Gasteiger partial charge on any atom is -0.490 e. The zero-order valence-corrected chi connectivity index (χ0v) is 18.7. The van der Waals surface area contributed by atoms with Gasteiger partial charge in [-0.05, 0) is 24.3 Å². The zero-order chi connectivity index (χ0) is 22.4. The number of hydrogen-bond acceptors (Lipinski definition) is 7. The number of sulfonamides is 1. The number of carbonyl (C=O) groups is 1. The van der Waals surface area contributed by atoms with Crippen LogP contribution < -0.4 is 14.2 Å². The van der Waals surface area contributed by atoms with Crippen molar-refractivity contribution in [1.29, 1.82) is 0 Å². The van der Waals surface area contributed by atoms with Crippen LogP contribution in [0.4, 0.5) is 0 Å². The first-order chi connectivity index (χ1) is 15.5. The van der Waals surface area contributed by atoms with Crippen LogP contribution in [0.15, 0.2) is 47.5 Å². The number of pyridine rings is 1. The van der Waals surface area contributed by atoms with Crippen molar-refractivity contribution in [3.05, 3.63) is 48.3 Å². The number of amides is 1. The number of hydrogen-bond donors (Lipinski definition) is 1. The lowest BCUT2D eigenvalue weighted by Crippen LogP contribution is -2.48. The van der Waals surface area contributed by atoms with E-state index in [0.717, 1.165) is 31.7 Å². The van der Waals surface area contributed by atoms with Gasteiger partial charge in [0.05, 0.1) is 23.8 Å². The zero-order valence-electron chi connectivity index (χ0n) is 17.9. The highest BCUT2D eigenvalue weighted by atomic mass is 32.2. The molecule has 32 heavy (non-hydrogen) atoms. The van der Waals surface area contributed by atoms with Gasteiger partial charge >= 0.3 is 0 Å². The average Bonchev–Trinajstić information content (AvgIpc) is 3.05.